The normalized spacial score (nSPS) is 36.0. The van der Waals surface area contributed by atoms with Crippen LogP contribution in [0.4, 0.5) is 9.59 Å². The Kier molecular flexibility index (Phi) is 8.40. The van der Waals surface area contributed by atoms with Crippen LogP contribution < -0.4 is 9.47 Å². The second-order valence-corrected chi connectivity index (χ2v) is 19.4. The van der Waals surface area contributed by atoms with Gasteiger partial charge in [-0.3, -0.25) is 19.4 Å². The largest absolute Gasteiger partial charge is 0.508 e. The molecule has 6 aliphatic carbocycles. The van der Waals surface area contributed by atoms with Crippen LogP contribution in [0.3, 0.4) is 0 Å². The zero-order valence-electron chi connectivity index (χ0n) is 34.2. The molecule has 4 aliphatic heterocycles. The fourth-order valence-corrected chi connectivity index (χ4v) is 13.7. The van der Waals surface area contributed by atoms with E-state index >= 15 is 0 Å². The van der Waals surface area contributed by atoms with Gasteiger partial charge in [0, 0.05) is 37.1 Å². The van der Waals surface area contributed by atoms with E-state index in [1.54, 1.807) is 12.1 Å². The van der Waals surface area contributed by atoms with Gasteiger partial charge in [-0.05, 0) is 112 Å². The van der Waals surface area contributed by atoms with Crippen LogP contribution in [0.5, 0.6) is 23.0 Å². The summed E-state index contributed by atoms with van der Waals surface area (Å²) in [6, 6.07) is 6.74. The van der Waals surface area contributed by atoms with E-state index in [1.807, 2.05) is 12.1 Å². The number of likely N-dealkylation sites (tertiary alicyclic amines) is 2. The second kappa shape index (κ2) is 13.5. The maximum absolute atomic E-state index is 13.7. The number of Topliss-reactive ketones (excluding diaryl/α,β-unsaturated/α-hetero) is 2. The van der Waals surface area contributed by atoms with E-state index < -0.39 is 46.6 Å². The number of aromatic hydroxyl groups is 2. The first-order valence-corrected chi connectivity index (χ1v) is 22.5. The summed E-state index contributed by atoms with van der Waals surface area (Å²) < 4.78 is 42.6. The molecule has 0 radical (unpaired) electrons. The minimum absolute atomic E-state index is 0.0143. The zero-order chi connectivity index (χ0) is 41.5. The first kappa shape index (κ1) is 38.1. The summed E-state index contributed by atoms with van der Waals surface area (Å²) in [5.74, 6) is 1.74. The molecule has 4 bridgehead atoms. The number of hydrogen-bond acceptors (Lipinski definition) is 15. The Balaban J connectivity index is 0.699. The summed E-state index contributed by atoms with van der Waals surface area (Å²) in [5.41, 5.74) is -0.378. The molecule has 10 aliphatic rings. The highest BCUT2D eigenvalue weighted by molar-refractivity contribution is 5.91. The lowest BCUT2D eigenvalue weighted by molar-refractivity contribution is -0.198. The Morgan fingerprint density at radius 3 is 1.51 bits per heavy atom. The fourth-order valence-electron chi connectivity index (χ4n) is 13.7. The lowest BCUT2D eigenvalue weighted by Gasteiger charge is -2.63. The molecule has 4 heterocycles. The predicted molar refractivity (Wildman–Crippen MR) is 211 cm³/mol. The highest BCUT2D eigenvalue weighted by Crippen LogP contribution is 2.68. The van der Waals surface area contributed by atoms with Crippen molar-refractivity contribution >= 4 is 23.9 Å². The van der Waals surface area contributed by atoms with Crippen molar-refractivity contribution in [1.82, 2.24) is 9.80 Å². The van der Waals surface area contributed by atoms with Gasteiger partial charge in [-0.1, -0.05) is 12.1 Å². The van der Waals surface area contributed by atoms with Crippen molar-refractivity contribution in [3.8, 4) is 23.0 Å². The Hall–Kier alpha value is -4.60. The van der Waals surface area contributed by atoms with Gasteiger partial charge < -0.3 is 43.4 Å². The number of nitrogens with zero attached hydrogens (tertiary/aromatic N) is 2. The van der Waals surface area contributed by atoms with E-state index in [4.69, 9.17) is 33.2 Å². The molecule has 0 unspecified atom stereocenters. The topological polar surface area (TPSA) is 180 Å². The molecule has 61 heavy (non-hydrogen) atoms. The van der Waals surface area contributed by atoms with Crippen molar-refractivity contribution in [3.63, 3.8) is 0 Å². The number of ketones is 2. The minimum Gasteiger partial charge on any atom is -0.504 e. The summed E-state index contributed by atoms with van der Waals surface area (Å²) in [4.78, 5) is 59.3. The third-order valence-corrected chi connectivity index (χ3v) is 16.5. The molecule has 0 amide bonds. The molecular formula is C46H52N2O13. The maximum Gasteiger partial charge on any atom is 0.508 e. The van der Waals surface area contributed by atoms with Crippen molar-refractivity contribution in [2.45, 2.75) is 123 Å². The summed E-state index contributed by atoms with van der Waals surface area (Å²) in [5, 5.41) is 21.7. The highest BCUT2D eigenvalue weighted by atomic mass is 16.7. The monoisotopic (exact) mass is 840 g/mol. The molecule has 15 nitrogen and oxygen atoms in total. The van der Waals surface area contributed by atoms with Gasteiger partial charge >= 0.3 is 12.3 Å². The van der Waals surface area contributed by atoms with E-state index in [1.165, 1.54) is 25.7 Å². The quantitative estimate of drug-likeness (QED) is 0.227. The van der Waals surface area contributed by atoms with Crippen LogP contribution in [-0.4, -0.2) is 132 Å². The van der Waals surface area contributed by atoms with E-state index in [2.05, 4.69) is 9.80 Å². The van der Waals surface area contributed by atoms with E-state index in [0.717, 1.165) is 48.4 Å². The Morgan fingerprint density at radius 2 is 1.08 bits per heavy atom. The number of carbonyl (C=O) groups is 4. The number of piperidine rings is 2. The molecule has 2 aromatic rings. The molecule has 2 saturated heterocycles. The summed E-state index contributed by atoms with van der Waals surface area (Å²) in [6.45, 7) is 3.09. The molecular weight excluding hydrogens is 789 g/mol. The fraction of sp³-hybridized carbons (Fsp3) is 0.652. The van der Waals surface area contributed by atoms with Crippen molar-refractivity contribution in [2.75, 3.05) is 52.6 Å². The van der Waals surface area contributed by atoms with Crippen LogP contribution >= 0.6 is 0 Å². The van der Waals surface area contributed by atoms with Crippen molar-refractivity contribution in [1.29, 1.82) is 0 Å². The number of benzene rings is 2. The van der Waals surface area contributed by atoms with Crippen LogP contribution in [0.15, 0.2) is 24.3 Å². The van der Waals surface area contributed by atoms with Crippen LogP contribution in [0.25, 0.3) is 0 Å². The average molecular weight is 841 g/mol. The minimum atomic E-state index is -1.08. The third-order valence-electron chi connectivity index (χ3n) is 16.5. The predicted octanol–water partition coefficient (Wildman–Crippen LogP) is 4.40. The van der Waals surface area contributed by atoms with Gasteiger partial charge in [0.25, 0.3) is 0 Å². The molecule has 2 aromatic carbocycles. The van der Waals surface area contributed by atoms with Gasteiger partial charge in [-0.25, -0.2) is 9.59 Å². The van der Waals surface area contributed by atoms with E-state index in [9.17, 15) is 29.4 Å². The van der Waals surface area contributed by atoms with Gasteiger partial charge in [-0.15, -0.1) is 0 Å². The number of phenols is 2. The first-order valence-electron chi connectivity index (χ1n) is 22.5. The first-order chi connectivity index (χ1) is 29.6. The van der Waals surface area contributed by atoms with Crippen molar-refractivity contribution in [2.24, 2.45) is 11.8 Å². The number of phenolic OH excluding ortho intramolecular Hbond substituents is 2. The van der Waals surface area contributed by atoms with E-state index in [0.29, 0.717) is 61.9 Å². The Bertz CT molecular complexity index is 2090. The van der Waals surface area contributed by atoms with Gasteiger partial charge in [0.2, 0.25) is 0 Å². The smallest absolute Gasteiger partial charge is 0.504 e. The molecule has 2 spiro atoms. The van der Waals surface area contributed by atoms with E-state index in [-0.39, 0.29) is 74.4 Å². The number of carbonyl (C=O) groups excluding carboxylic acids is 4. The van der Waals surface area contributed by atoms with Crippen LogP contribution in [0.1, 0.15) is 86.5 Å². The van der Waals surface area contributed by atoms with Gasteiger partial charge in [-0.2, -0.15) is 0 Å². The van der Waals surface area contributed by atoms with Crippen molar-refractivity contribution < 1.29 is 62.5 Å². The van der Waals surface area contributed by atoms with Gasteiger partial charge in [0.05, 0.1) is 36.1 Å². The van der Waals surface area contributed by atoms with Crippen LogP contribution in [-0.2, 0) is 56.9 Å². The molecule has 2 N–H and O–H groups in total. The summed E-state index contributed by atoms with van der Waals surface area (Å²) in [6.07, 6.45) is 4.67. The average Bonchev–Trinajstić information content (AvgIpc) is 4.17. The molecule has 12 rings (SSSR count). The zero-order valence-corrected chi connectivity index (χ0v) is 34.2. The molecule has 324 valence electrons. The molecule has 4 saturated carbocycles. The second-order valence-electron chi connectivity index (χ2n) is 19.4. The lowest BCUT2D eigenvalue weighted by Crippen LogP contribution is -2.77. The third kappa shape index (κ3) is 5.25. The number of ether oxygens (including phenoxy) is 7. The Morgan fingerprint density at radius 1 is 0.639 bits per heavy atom. The molecule has 0 aromatic heterocycles. The number of rotatable bonds is 12. The van der Waals surface area contributed by atoms with Crippen molar-refractivity contribution in [3.05, 3.63) is 46.5 Å². The van der Waals surface area contributed by atoms with Crippen LogP contribution in [0.2, 0.25) is 0 Å². The van der Waals surface area contributed by atoms with Crippen LogP contribution in [0, 0.1) is 11.8 Å². The number of hydrogen-bond donors (Lipinski definition) is 2. The standard InChI is InChI=1S/C46H52N2O13/c49-29-7-5-27-21-33-45(11-9-31(51)39-43(45,35(27)37(29)58-39)13-15-47(33)23-25-1-2-25)60-41(53)56-19-17-55-18-20-57-42(54)61-46-12-10-32(52)40-44(46)14-16-48(24-26-3-4-26)34(46)22-28-6-8-30(50)38(59-40)36(28)44/h5-8,25-26,33-34,39-40,49-50H,1-4,9-24H2/t33-,34-,39+,40+,43+,44+,45-,46-/m1/s1. The SMILES string of the molecule is O=C(OCCOCCOC(=O)O[C@@]12CCC(=O)[C@@H]3Oc4c(O)ccc5c4[C@@]31CCN(CC1CC1)[C@@H]2C5)O[C@@]12CCC(=O)[C@@H]3Oc4c(O)ccc5c4[C@@]31CCN(CC1CC1)[C@@H]2C5. The molecule has 6 fully saturated rings. The highest BCUT2D eigenvalue weighted by Gasteiger charge is 2.77. The lowest BCUT2D eigenvalue weighted by atomic mass is 9.48. The molecule has 8 atom stereocenters. The van der Waals surface area contributed by atoms with Gasteiger partial charge in [0.15, 0.2) is 46.8 Å². The molecule has 15 heteroatoms. The van der Waals surface area contributed by atoms with Gasteiger partial charge in [0.1, 0.15) is 24.4 Å². The summed E-state index contributed by atoms with van der Waals surface area (Å²) >= 11 is 0. The summed E-state index contributed by atoms with van der Waals surface area (Å²) in [7, 11) is 0. The Labute approximate surface area is 352 Å². The maximum atomic E-state index is 13.7.